The van der Waals surface area contributed by atoms with Crippen LogP contribution in [0.15, 0.2) is 47.6 Å². The number of amides is 1. The summed E-state index contributed by atoms with van der Waals surface area (Å²) < 4.78 is 5.20. The summed E-state index contributed by atoms with van der Waals surface area (Å²) in [5.74, 6) is 1.08. The Balaban J connectivity index is 1.68. The van der Waals surface area contributed by atoms with Crippen molar-refractivity contribution in [2.45, 2.75) is 58.4 Å². The summed E-state index contributed by atoms with van der Waals surface area (Å²) in [6, 6.07) is 14.0. The second-order valence-corrected chi connectivity index (χ2v) is 8.71. The topological polar surface area (TPSA) is 53.9 Å². The molecule has 0 aliphatic carbocycles. The van der Waals surface area contributed by atoms with Crippen LogP contribution < -0.4 is 15.1 Å². The Morgan fingerprint density at radius 1 is 1.30 bits per heavy atom. The van der Waals surface area contributed by atoms with E-state index >= 15 is 0 Å². The molecule has 1 unspecified atom stereocenters. The molecule has 3 rings (SSSR count). The minimum atomic E-state index is -0.151. The molecule has 0 saturated heterocycles. The predicted molar refractivity (Wildman–Crippen MR) is 124 cm³/mol. The number of benzene rings is 2. The van der Waals surface area contributed by atoms with Gasteiger partial charge in [0.2, 0.25) is 5.91 Å². The highest BCUT2D eigenvalue weighted by Gasteiger charge is 2.35. The number of nitrogens with zero attached hydrogens (tertiary/aromatic N) is 2. The zero-order valence-electron chi connectivity index (χ0n) is 18.7. The van der Waals surface area contributed by atoms with Crippen molar-refractivity contribution in [3.63, 3.8) is 0 Å². The third-order valence-corrected chi connectivity index (χ3v) is 5.76. The molecule has 0 bridgehead atoms. The molecule has 1 atom stereocenters. The normalized spacial score (nSPS) is 17.6. The first kappa shape index (κ1) is 21.9. The van der Waals surface area contributed by atoms with Gasteiger partial charge in [0.1, 0.15) is 5.75 Å². The third kappa shape index (κ3) is 5.02. The molecule has 1 aliphatic rings. The van der Waals surface area contributed by atoms with Gasteiger partial charge in [0.05, 0.1) is 19.7 Å². The molecule has 0 radical (unpaired) electrons. The van der Waals surface area contributed by atoms with E-state index in [1.54, 1.807) is 13.3 Å². The van der Waals surface area contributed by atoms with Gasteiger partial charge in [-0.3, -0.25) is 4.79 Å². The Hall–Kier alpha value is -2.82. The molecule has 1 amide bonds. The number of hydrogen-bond donors (Lipinski definition) is 1. The highest BCUT2D eigenvalue weighted by Crippen LogP contribution is 2.43. The lowest BCUT2D eigenvalue weighted by molar-refractivity contribution is -0.120. The summed E-state index contributed by atoms with van der Waals surface area (Å²) in [4.78, 5) is 14.7. The van der Waals surface area contributed by atoms with Gasteiger partial charge in [-0.15, -0.1) is 0 Å². The summed E-state index contributed by atoms with van der Waals surface area (Å²) in [6.45, 7) is 10.2. The molecule has 2 aromatic rings. The number of carbonyl (C=O) groups excluding carboxylic acids is 1. The number of anilines is 1. The summed E-state index contributed by atoms with van der Waals surface area (Å²) in [7, 11) is 1.62. The standard InChI is InChI=1S/C25H33N3O2/c1-6-12-28-23-11-10-20(14-22(23)18(2)16-25(28,3)4)17-26-27-24(29)15-19-8-7-9-21(13-19)30-5/h7-11,13-14,17-18H,6,12,15-16H2,1-5H3,(H,27,29)/b26-17+. The van der Waals surface area contributed by atoms with Gasteiger partial charge in [0.15, 0.2) is 0 Å². The minimum absolute atomic E-state index is 0.151. The lowest BCUT2D eigenvalue weighted by Crippen LogP contribution is -2.48. The van der Waals surface area contributed by atoms with Crippen molar-refractivity contribution < 1.29 is 9.53 Å². The van der Waals surface area contributed by atoms with Gasteiger partial charge in [0.25, 0.3) is 0 Å². The summed E-state index contributed by atoms with van der Waals surface area (Å²) in [5.41, 5.74) is 7.35. The Labute approximate surface area is 180 Å². The van der Waals surface area contributed by atoms with Gasteiger partial charge in [-0.1, -0.05) is 32.0 Å². The number of methoxy groups -OCH3 is 1. The molecule has 1 heterocycles. The van der Waals surface area contributed by atoms with Crippen LogP contribution in [-0.2, 0) is 11.2 Å². The number of carbonyl (C=O) groups is 1. The predicted octanol–water partition coefficient (Wildman–Crippen LogP) is 4.89. The lowest BCUT2D eigenvalue weighted by Gasteiger charge is -2.47. The Bertz CT molecular complexity index is 920. The van der Waals surface area contributed by atoms with Crippen molar-refractivity contribution in [3.05, 3.63) is 59.2 Å². The first-order valence-electron chi connectivity index (χ1n) is 10.7. The maximum absolute atomic E-state index is 12.2. The van der Waals surface area contributed by atoms with Crippen molar-refractivity contribution in [2.24, 2.45) is 5.10 Å². The molecule has 160 valence electrons. The first-order chi connectivity index (χ1) is 14.3. The van der Waals surface area contributed by atoms with E-state index in [-0.39, 0.29) is 17.9 Å². The molecular weight excluding hydrogens is 374 g/mol. The molecule has 1 aliphatic heterocycles. The Kier molecular flexibility index (Phi) is 6.80. The van der Waals surface area contributed by atoms with Gasteiger partial charge in [0, 0.05) is 17.8 Å². The third-order valence-electron chi connectivity index (χ3n) is 5.76. The number of hydrogen-bond acceptors (Lipinski definition) is 4. The zero-order valence-corrected chi connectivity index (χ0v) is 18.7. The Morgan fingerprint density at radius 2 is 2.10 bits per heavy atom. The maximum atomic E-state index is 12.2. The van der Waals surface area contributed by atoms with E-state index in [1.807, 2.05) is 24.3 Å². The van der Waals surface area contributed by atoms with Crippen LogP contribution in [0.25, 0.3) is 0 Å². The van der Waals surface area contributed by atoms with Gasteiger partial charge >= 0.3 is 0 Å². The number of rotatable bonds is 7. The van der Waals surface area contributed by atoms with Crippen LogP contribution in [-0.4, -0.2) is 31.3 Å². The average molecular weight is 408 g/mol. The molecule has 0 spiro atoms. The van der Waals surface area contributed by atoms with Crippen LogP contribution in [0.1, 0.15) is 63.1 Å². The van der Waals surface area contributed by atoms with Crippen molar-refractivity contribution in [2.75, 3.05) is 18.6 Å². The molecule has 0 fully saturated rings. The van der Waals surface area contributed by atoms with Crippen LogP contribution in [0.4, 0.5) is 5.69 Å². The van der Waals surface area contributed by atoms with E-state index in [9.17, 15) is 4.79 Å². The molecule has 30 heavy (non-hydrogen) atoms. The molecule has 5 heteroatoms. The van der Waals surface area contributed by atoms with Crippen molar-refractivity contribution >= 4 is 17.8 Å². The summed E-state index contributed by atoms with van der Waals surface area (Å²) in [5, 5.41) is 4.17. The van der Waals surface area contributed by atoms with Crippen LogP contribution >= 0.6 is 0 Å². The largest absolute Gasteiger partial charge is 0.497 e. The van der Waals surface area contributed by atoms with Gasteiger partial charge < -0.3 is 9.64 Å². The highest BCUT2D eigenvalue weighted by atomic mass is 16.5. The minimum Gasteiger partial charge on any atom is -0.497 e. The fourth-order valence-corrected chi connectivity index (χ4v) is 4.42. The lowest BCUT2D eigenvalue weighted by atomic mass is 9.79. The molecule has 5 nitrogen and oxygen atoms in total. The molecule has 1 N–H and O–H groups in total. The maximum Gasteiger partial charge on any atom is 0.244 e. The molecule has 2 aromatic carbocycles. The van der Waals surface area contributed by atoms with Crippen molar-refractivity contribution in [1.82, 2.24) is 5.43 Å². The second-order valence-electron chi connectivity index (χ2n) is 8.71. The SMILES string of the molecule is CCCN1c2ccc(/C=N/NC(=O)Cc3cccc(OC)c3)cc2C(C)CC1(C)C. The highest BCUT2D eigenvalue weighted by molar-refractivity contribution is 5.84. The summed E-state index contributed by atoms with van der Waals surface area (Å²) >= 11 is 0. The Morgan fingerprint density at radius 3 is 2.83 bits per heavy atom. The smallest absolute Gasteiger partial charge is 0.244 e. The van der Waals surface area contributed by atoms with Crippen LogP contribution in [0.5, 0.6) is 5.75 Å². The van der Waals surface area contributed by atoms with Gasteiger partial charge in [-0.05, 0) is 73.6 Å². The fraction of sp³-hybridized carbons (Fsp3) is 0.440. The van der Waals surface area contributed by atoms with E-state index in [1.165, 1.54) is 11.3 Å². The quantitative estimate of drug-likeness (QED) is 0.525. The molecule has 0 saturated carbocycles. The van der Waals surface area contributed by atoms with Crippen LogP contribution in [0.3, 0.4) is 0 Å². The second kappa shape index (κ2) is 9.33. The number of nitrogens with one attached hydrogen (secondary N) is 1. The van der Waals surface area contributed by atoms with E-state index in [0.29, 0.717) is 5.92 Å². The number of ether oxygens (including phenoxy) is 1. The van der Waals surface area contributed by atoms with Crippen molar-refractivity contribution in [3.8, 4) is 5.75 Å². The average Bonchev–Trinajstić information content (AvgIpc) is 2.71. The number of fused-ring (bicyclic) bond motifs is 1. The molecular formula is C25H33N3O2. The molecule has 0 aromatic heterocycles. The fourth-order valence-electron chi connectivity index (χ4n) is 4.42. The van der Waals surface area contributed by atoms with E-state index in [0.717, 1.165) is 36.3 Å². The van der Waals surface area contributed by atoms with Crippen LogP contribution in [0, 0.1) is 0 Å². The van der Waals surface area contributed by atoms with E-state index in [4.69, 9.17) is 4.74 Å². The summed E-state index contributed by atoms with van der Waals surface area (Å²) in [6.07, 6.45) is 4.23. The first-order valence-corrected chi connectivity index (χ1v) is 10.7. The van der Waals surface area contributed by atoms with Crippen molar-refractivity contribution in [1.29, 1.82) is 0 Å². The van der Waals surface area contributed by atoms with Gasteiger partial charge in [-0.2, -0.15) is 5.10 Å². The monoisotopic (exact) mass is 407 g/mol. The van der Waals surface area contributed by atoms with Crippen LogP contribution in [0.2, 0.25) is 0 Å². The van der Waals surface area contributed by atoms with E-state index in [2.05, 4.69) is 61.3 Å². The number of hydrazone groups is 1. The van der Waals surface area contributed by atoms with Gasteiger partial charge in [-0.25, -0.2) is 5.43 Å². The zero-order chi connectivity index (χ0) is 21.7. The van der Waals surface area contributed by atoms with E-state index < -0.39 is 0 Å².